The summed E-state index contributed by atoms with van der Waals surface area (Å²) in [5.41, 5.74) is 2.92. The number of halogens is 3. The van der Waals surface area contributed by atoms with Crippen LogP contribution < -0.4 is 5.32 Å². The third-order valence-electron chi connectivity index (χ3n) is 6.93. The second-order valence-corrected chi connectivity index (χ2v) is 9.41. The van der Waals surface area contributed by atoms with Crippen LogP contribution in [0.25, 0.3) is 16.9 Å². The van der Waals surface area contributed by atoms with E-state index < -0.39 is 11.7 Å². The Morgan fingerprint density at radius 3 is 2.70 bits per heavy atom. The number of rotatable bonds is 5. The van der Waals surface area contributed by atoms with Gasteiger partial charge < -0.3 is 19.4 Å². The van der Waals surface area contributed by atoms with Crippen molar-refractivity contribution < 1.29 is 22.7 Å². The molecule has 37 heavy (non-hydrogen) atoms. The molecule has 2 aliphatic heterocycles. The van der Waals surface area contributed by atoms with Gasteiger partial charge in [0, 0.05) is 80.5 Å². The molecule has 1 aromatic carbocycles. The number of fused-ring (bicyclic) bond motifs is 1. The molecule has 2 aliphatic rings. The van der Waals surface area contributed by atoms with Crippen LogP contribution in [0.1, 0.15) is 37.3 Å². The Morgan fingerprint density at radius 2 is 1.97 bits per heavy atom. The smallest absolute Gasteiger partial charge is 0.385 e. The van der Waals surface area contributed by atoms with E-state index in [1.165, 1.54) is 13.0 Å². The zero-order valence-corrected chi connectivity index (χ0v) is 20.4. The molecule has 1 amide bonds. The zero-order valence-electron chi connectivity index (χ0n) is 20.4. The highest BCUT2D eigenvalue weighted by Crippen LogP contribution is 2.32. The number of carbonyl (C=O) groups excluding carboxylic acids is 1. The highest BCUT2D eigenvalue weighted by molar-refractivity contribution is 6.15. The van der Waals surface area contributed by atoms with Crippen LogP contribution in [-0.2, 0) is 15.7 Å². The molecule has 7 nitrogen and oxygen atoms in total. The van der Waals surface area contributed by atoms with E-state index in [-0.39, 0.29) is 17.7 Å². The minimum absolute atomic E-state index is 0.0544. The van der Waals surface area contributed by atoms with Crippen molar-refractivity contribution >= 4 is 17.3 Å². The molecule has 0 bridgehead atoms. The summed E-state index contributed by atoms with van der Waals surface area (Å²) in [6.45, 7) is 3.77. The molecule has 1 saturated heterocycles. The van der Waals surface area contributed by atoms with Gasteiger partial charge in [0.1, 0.15) is 5.65 Å². The SMILES string of the molecule is CC(=O)N1CCC(NC2CCOCC2)=C(C(=N)c2cccn3cc(-c4cccc(C(F)(F)F)c4)nc23)C1. The van der Waals surface area contributed by atoms with E-state index in [4.69, 9.17) is 10.1 Å². The minimum Gasteiger partial charge on any atom is -0.385 e. The number of alkyl halides is 3. The van der Waals surface area contributed by atoms with E-state index in [1.807, 2.05) is 0 Å². The molecule has 0 atom stereocenters. The second-order valence-electron chi connectivity index (χ2n) is 9.41. The predicted octanol–water partition coefficient (Wildman–Crippen LogP) is 4.66. The maximum Gasteiger partial charge on any atom is 0.416 e. The van der Waals surface area contributed by atoms with Crippen molar-refractivity contribution in [2.45, 2.75) is 38.4 Å². The first-order chi connectivity index (χ1) is 17.7. The number of hydrogen-bond acceptors (Lipinski definition) is 5. The number of aromatic nitrogens is 2. The van der Waals surface area contributed by atoms with Crippen molar-refractivity contribution in [3.8, 4) is 11.3 Å². The van der Waals surface area contributed by atoms with Crippen LogP contribution in [0.4, 0.5) is 13.2 Å². The fourth-order valence-corrected chi connectivity index (χ4v) is 4.87. The summed E-state index contributed by atoms with van der Waals surface area (Å²) in [6.07, 6.45) is 1.33. The van der Waals surface area contributed by atoms with Crippen molar-refractivity contribution in [2.75, 3.05) is 26.3 Å². The molecule has 0 saturated carbocycles. The molecule has 0 unspecified atom stereocenters. The first-order valence-electron chi connectivity index (χ1n) is 12.3. The van der Waals surface area contributed by atoms with Crippen molar-refractivity contribution in [3.63, 3.8) is 0 Å². The average Bonchev–Trinajstić information content (AvgIpc) is 3.33. The Labute approximate surface area is 212 Å². The Kier molecular flexibility index (Phi) is 6.76. The molecule has 3 aromatic rings. The molecule has 5 rings (SSSR count). The molecule has 2 aromatic heterocycles. The number of benzene rings is 1. The van der Waals surface area contributed by atoms with Gasteiger partial charge in [0.05, 0.1) is 17.0 Å². The van der Waals surface area contributed by atoms with E-state index in [0.29, 0.717) is 55.2 Å². The lowest BCUT2D eigenvalue weighted by Gasteiger charge is -2.34. The molecule has 10 heteroatoms. The minimum atomic E-state index is -4.45. The molecule has 1 fully saturated rings. The van der Waals surface area contributed by atoms with Crippen molar-refractivity contribution in [2.24, 2.45) is 0 Å². The Bertz CT molecular complexity index is 1370. The first kappa shape index (κ1) is 25.0. The van der Waals surface area contributed by atoms with E-state index >= 15 is 0 Å². The first-order valence-corrected chi connectivity index (χ1v) is 12.3. The molecule has 194 valence electrons. The molecule has 0 spiro atoms. The van der Waals surface area contributed by atoms with Gasteiger partial charge in [0.15, 0.2) is 0 Å². The maximum atomic E-state index is 13.3. The summed E-state index contributed by atoms with van der Waals surface area (Å²) >= 11 is 0. The highest BCUT2D eigenvalue weighted by atomic mass is 19.4. The fourth-order valence-electron chi connectivity index (χ4n) is 4.87. The lowest BCUT2D eigenvalue weighted by Crippen LogP contribution is -2.43. The third kappa shape index (κ3) is 5.24. The van der Waals surface area contributed by atoms with Crippen LogP contribution in [0.2, 0.25) is 0 Å². The highest BCUT2D eigenvalue weighted by Gasteiger charge is 2.31. The average molecular weight is 512 g/mol. The molecular formula is C27H28F3N5O2. The third-order valence-corrected chi connectivity index (χ3v) is 6.93. The van der Waals surface area contributed by atoms with E-state index in [2.05, 4.69) is 10.3 Å². The number of hydrogen-bond donors (Lipinski definition) is 2. The van der Waals surface area contributed by atoms with Gasteiger partial charge in [0.25, 0.3) is 0 Å². The summed E-state index contributed by atoms with van der Waals surface area (Å²) in [4.78, 5) is 18.5. The van der Waals surface area contributed by atoms with Crippen LogP contribution in [-0.4, -0.2) is 58.2 Å². The maximum absolute atomic E-state index is 13.3. The fraction of sp³-hybridized carbons (Fsp3) is 0.370. The normalized spacial score (nSPS) is 17.4. The number of imidazole rings is 1. The van der Waals surface area contributed by atoms with Gasteiger partial charge in [-0.05, 0) is 37.1 Å². The van der Waals surface area contributed by atoms with E-state index in [9.17, 15) is 18.0 Å². The largest absolute Gasteiger partial charge is 0.416 e. The van der Waals surface area contributed by atoms with Gasteiger partial charge in [-0.3, -0.25) is 10.2 Å². The van der Waals surface area contributed by atoms with Crippen LogP contribution in [0.3, 0.4) is 0 Å². The molecule has 0 radical (unpaired) electrons. The number of carbonyl (C=O) groups is 1. The standard InChI is InChI=1S/C27H28F3N5O2/c1-17(36)34-11-7-23(32-20-8-12-37-13-9-20)22(15-34)25(31)21-6-3-10-35-16-24(33-26(21)35)18-4-2-5-19(14-18)27(28,29)30/h2-6,10,14,16,20,31-32H,7-9,11-13,15H2,1H3. The van der Waals surface area contributed by atoms with Gasteiger partial charge in [-0.25, -0.2) is 4.98 Å². The number of pyridine rings is 1. The molecular weight excluding hydrogens is 483 g/mol. The predicted molar refractivity (Wildman–Crippen MR) is 133 cm³/mol. The Morgan fingerprint density at radius 1 is 1.19 bits per heavy atom. The van der Waals surface area contributed by atoms with Crippen molar-refractivity contribution in [1.82, 2.24) is 19.6 Å². The van der Waals surface area contributed by atoms with Crippen LogP contribution in [0.5, 0.6) is 0 Å². The van der Waals surface area contributed by atoms with Gasteiger partial charge in [-0.2, -0.15) is 13.2 Å². The summed E-state index contributed by atoms with van der Waals surface area (Å²) in [5.74, 6) is -0.0544. The van der Waals surface area contributed by atoms with E-state index in [0.717, 1.165) is 36.2 Å². The van der Waals surface area contributed by atoms with Gasteiger partial charge in [0.2, 0.25) is 5.91 Å². The van der Waals surface area contributed by atoms with Crippen molar-refractivity contribution in [3.05, 3.63) is 71.2 Å². The summed E-state index contributed by atoms with van der Waals surface area (Å²) in [6, 6.07) is 8.87. The lowest BCUT2D eigenvalue weighted by atomic mass is 9.95. The zero-order chi connectivity index (χ0) is 26.2. The van der Waals surface area contributed by atoms with E-state index in [1.54, 1.807) is 39.9 Å². The number of amides is 1. The van der Waals surface area contributed by atoms with Crippen LogP contribution in [0.15, 0.2) is 60.1 Å². The lowest BCUT2D eigenvalue weighted by molar-refractivity contribution is -0.137. The molecule has 2 N–H and O–H groups in total. The second kappa shape index (κ2) is 10.0. The van der Waals surface area contributed by atoms with Gasteiger partial charge in [-0.1, -0.05) is 12.1 Å². The molecule has 4 heterocycles. The number of ether oxygens (including phenoxy) is 1. The van der Waals surface area contributed by atoms with Crippen LogP contribution >= 0.6 is 0 Å². The Hall–Kier alpha value is -3.66. The van der Waals surface area contributed by atoms with Crippen molar-refractivity contribution in [1.29, 1.82) is 5.41 Å². The summed E-state index contributed by atoms with van der Waals surface area (Å²) in [7, 11) is 0. The number of nitrogens with one attached hydrogen (secondary N) is 2. The monoisotopic (exact) mass is 511 g/mol. The summed E-state index contributed by atoms with van der Waals surface area (Å²) < 4.78 is 47.0. The quantitative estimate of drug-likeness (QED) is 0.488. The summed E-state index contributed by atoms with van der Waals surface area (Å²) in [5, 5.41) is 12.8. The van der Waals surface area contributed by atoms with Gasteiger partial charge in [-0.15, -0.1) is 0 Å². The topological polar surface area (TPSA) is 82.7 Å². The van der Waals surface area contributed by atoms with Gasteiger partial charge >= 0.3 is 6.18 Å². The Balaban J connectivity index is 1.53. The van der Waals surface area contributed by atoms with Crippen LogP contribution in [0, 0.1) is 5.41 Å². The number of nitrogens with zero attached hydrogens (tertiary/aromatic N) is 3. The molecule has 0 aliphatic carbocycles.